The Morgan fingerprint density at radius 2 is 1.86 bits per heavy atom. The summed E-state index contributed by atoms with van der Waals surface area (Å²) in [4.78, 5) is 16.2. The number of aromatic nitrogens is 1. The van der Waals surface area contributed by atoms with E-state index < -0.39 is 5.91 Å². The van der Waals surface area contributed by atoms with Gasteiger partial charge in [0.25, 0.3) is 0 Å². The average Bonchev–Trinajstić information content (AvgIpc) is 2.46. The molecule has 21 heavy (non-hydrogen) atoms. The molecule has 4 nitrogen and oxygen atoms in total. The fraction of sp³-hybridized carbons (Fsp3) is 0.0588. The van der Waals surface area contributed by atoms with Gasteiger partial charge in [-0.15, -0.1) is 0 Å². The summed E-state index contributed by atoms with van der Waals surface area (Å²) in [5.41, 5.74) is 15.8. The van der Waals surface area contributed by atoms with Gasteiger partial charge in [0.2, 0.25) is 5.91 Å². The molecule has 0 unspecified atom stereocenters. The standard InChI is InChI=1S/C17H15N3O/c1-10-9-13(11-5-2-3-8-15(11)20-10)16-12(17(19)21)6-4-7-14(16)18/h2-9H,18H2,1H3,(H2,19,21). The van der Waals surface area contributed by atoms with Gasteiger partial charge in [-0.05, 0) is 36.8 Å². The van der Waals surface area contributed by atoms with Gasteiger partial charge in [-0.25, -0.2) is 0 Å². The van der Waals surface area contributed by atoms with E-state index in [2.05, 4.69) is 4.98 Å². The van der Waals surface area contributed by atoms with Crippen molar-refractivity contribution >= 4 is 22.5 Å². The molecule has 1 heterocycles. The number of nitrogens with two attached hydrogens (primary N) is 2. The lowest BCUT2D eigenvalue weighted by Gasteiger charge is -2.13. The van der Waals surface area contributed by atoms with Crippen LogP contribution in [0.5, 0.6) is 0 Å². The molecule has 0 aliphatic carbocycles. The number of nitrogen functional groups attached to an aromatic ring is 1. The summed E-state index contributed by atoms with van der Waals surface area (Å²) in [6.45, 7) is 1.92. The van der Waals surface area contributed by atoms with Crippen molar-refractivity contribution in [1.29, 1.82) is 0 Å². The molecular weight excluding hydrogens is 262 g/mol. The van der Waals surface area contributed by atoms with Crippen LogP contribution in [0.2, 0.25) is 0 Å². The van der Waals surface area contributed by atoms with Crippen LogP contribution < -0.4 is 11.5 Å². The third-order valence-corrected chi connectivity index (χ3v) is 3.48. The van der Waals surface area contributed by atoms with Crippen LogP contribution in [0.1, 0.15) is 16.1 Å². The number of carbonyl (C=O) groups is 1. The number of pyridine rings is 1. The summed E-state index contributed by atoms with van der Waals surface area (Å²) in [6.07, 6.45) is 0. The molecule has 0 aliphatic heterocycles. The van der Waals surface area contributed by atoms with Crippen molar-refractivity contribution in [2.45, 2.75) is 6.92 Å². The molecule has 4 N–H and O–H groups in total. The van der Waals surface area contributed by atoms with Crippen LogP contribution in [0.3, 0.4) is 0 Å². The fourth-order valence-electron chi connectivity index (χ4n) is 2.59. The molecule has 1 aromatic heterocycles. The highest BCUT2D eigenvalue weighted by molar-refractivity contribution is 6.07. The Labute approximate surface area is 122 Å². The maximum Gasteiger partial charge on any atom is 0.249 e. The molecule has 0 saturated heterocycles. The number of hydrogen-bond acceptors (Lipinski definition) is 3. The van der Waals surface area contributed by atoms with Crippen molar-refractivity contribution in [3.05, 3.63) is 59.8 Å². The topological polar surface area (TPSA) is 82.0 Å². The number of fused-ring (bicyclic) bond motifs is 1. The monoisotopic (exact) mass is 277 g/mol. The lowest BCUT2D eigenvalue weighted by molar-refractivity contribution is 0.100. The third kappa shape index (κ3) is 2.21. The van der Waals surface area contributed by atoms with Gasteiger partial charge in [0.05, 0.1) is 5.52 Å². The second kappa shape index (κ2) is 4.90. The SMILES string of the molecule is Cc1cc(-c2c(N)cccc2C(N)=O)c2ccccc2n1. The van der Waals surface area contributed by atoms with Gasteiger partial charge in [-0.1, -0.05) is 24.3 Å². The number of aryl methyl sites for hydroxylation is 1. The van der Waals surface area contributed by atoms with E-state index in [1.54, 1.807) is 18.2 Å². The van der Waals surface area contributed by atoms with Crippen LogP contribution >= 0.6 is 0 Å². The smallest absolute Gasteiger partial charge is 0.249 e. The van der Waals surface area contributed by atoms with Gasteiger partial charge >= 0.3 is 0 Å². The zero-order valence-electron chi connectivity index (χ0n) is 11.6. The number of nitrogens with zero attached hydrogens (tertiary/aromatic N) is 1. The molecule has 4 heteroatoms. The van der Waals surface area contributed by atoms with Crippen molar-refractivity contribution in [3.8, 4) is 11.1 Å². The normalized spacial score (nSPS) is 10.7. The van der Waals surface area contributed by atoms with E-state index in [-0.39, 0.29) is 0 Å². The van der Waals surface area contributed by atoms with E-state index in [0.29, 0.717) is 16.8 Å². The van der Waals surface area contributed by atoms with Gasteiger partial charge in [0.15, 0.2) is 0 Å². The maximum atomic E-state index is 11.7. The van der Waals surface area contributed by atoms with Crippen molar-refractivity contribution in [2.75, 3.05) is 5.73 Å². The highest BCUT2D eigenvalue weighted by Crippen LogP contribution is 2.34. The van der Waals surface area contributed by atoms with Gasteiger partial charge in [-0.3, -0.25) is 9.78 Å². The van der Waals surface area contributed by atoms with E-state index in [1.807, 2.05) is 37.3 Å². The minimum absolute atomic E-state index is 0.422. The van der Waals surface area contributed by atoms with Crippen LogP contribution in [0, 0.1) is 6.92 Å². The van der Waals surface area contributed by atoms with E-state index in [0.717, 1.165) is 22.2 Å². The third-order valence-electron chi connectivity index (χ3n) is 3.48. The molecule has 2 aromatic carbocycles. The van der Waals surface area contributed by atoms with E-state index in [9.17, 15) is 4.79 Å². The van der Waals surface area contributed by atoms with Crippen LogP contribution in [-0.2, 0) is 0 Å². The van der Waals surface area contributed by atoms with Gasteiger partial charge < -0.3 is 11.5 Å². The Balaban J connectivity index is 2.44. The summed E-state index contributed by atoms with van der Waals surface area (Å²) in [7, 11) is 0. The van der Waals surface area contributed by atoms with Gasteiger partial charge in [0.1, 0.15) is 0 Å². The molecule has 3 rings (SSSR count). The predicted molar refractivity (Wildman–Crippen MR) is 84.8 cm³/mol. The second-order valence-electron chi connectivity index (χ2n) is 4.96. The molecule has 0 fully saturated rings. The first-order valence-electron chi connectivity index (χ1n) is 6.63. The maximum absolute atomic E-state index is 11.7. The number of anilines is 1. The van der Waals surface area contributed by atoms with Crippen LogP contribution in [0.15, 0.2) is 48.5 Å². The first-order chi connectivity index (χ1) is 10.1. The minimum atomic E-state index is -0.490. The molecule has 1 amide bonds. The summed E-state index contributed by atoms with van der Waals surface area (Å²) >= 11 is 0. The molecule has 0 bridgehead atoms. The Morgan fingerprint density at radius 1 is 1.10 bits per heavy atom. The number of primary amides is 1. The predicted octanol–water partition coefficient (Wildman–Crippen LogP) is 2.89. The summed E-state index contributed by atoms with van der Waals surface area (Å²) in [6, 6.07) is 14.9. The molecule has 3 aromatic rings. The lowest BCUT2D eigenvalue weighted by Crippen LogP contribution is -2.13. The molecule has 0 atom stereocenters. The molecule has 0 saturated carbocycles. The highest BCUT2D eigenvalue weighted by atomic mass is 16.1. The van der Waals surface area contributed by atoms with Gasteiger partial charge in [-0.2, -0.15) is 0 Å². The largest absolute Gasteiger partial charge is 0.398 e. The van der Waals surface area contributed by atoms with Crippen LogP contribution in [0.4, 0.5) is 5.69 Å². The number of rotatable bonds is 2. The zero-order chi connectivity index (χ0) is 15.0. The Bertz CT molecular complexity index is 856. The van der Waals surface area contributed by atoms with Crippen molar-refractivity contribution < 1.29 is 4.79 Å². The first-order valence-corrected chi connectivity index (χ1v) is 6.63. The summed E-state index contributed by atoms with van der Waals surface area (Å²) in [5.74, 6) is -0.490. The molecule has 0 spiro atoms. The van der Waals surface area contributed by atoms with Crippen molar-refractivity contribution in [2.24, 2.45) is 5.73 Å². The van der Waals surface area contributed by atoms with Gasteiger partial charge in [0, 0.05) is 27.9 Å². The average molecular weight is 277 g/mol. The highest BCUT2D eigenvalue weighted by Gasteiger charge is 2.16. The molecule has 104 valence electrons. The lowest BCUT2D eigenvalue weighted by atomic mass is 9.94. The Hall–Kier alpha value is -2.88. The fourth-order valence-corrected chi connectivity index (χ4v) is 2.59. The minimum Gasteiger partial charge on any atom is -0.398 e. The Kier molecular flexibility index (Phi) is 3.06. The number of amides is 1. The quantitative estimate of drug-likeness (QED) is 0.706. The summed E-state index contributed by atoms with van der Waals surface area (Å²) in [5, 5.41) is 0.948. The van der Waals surface area contributed by atoms with E-state index >= 15 is 0 Å². The molecule has 0 radical (unpaired) electrons. The second-order valence-corrected chi connectivity index (χ2v) is 4.96. The number of carbonyl (C=O) groups excluding carboxylic acids is 1. The van der Waals surface area contributed by atoms with Crippen molar-refractivity contribution in [3.63, 3.8) is 0 Å². The molecule has 0 aliphatic rings. The first kappa shape index (κ1) is 13.1. The van der Waals surface area contributed by atoms with Crippen LogP contribution in [0.25, 0.3) is 22.0 Å². The van der Waals surface area contributed by atoms with Crippen LogP contribution in [-0.4, -0.2) is 10.9 Å². The van der Waals surface area contributed by atoms with E-state index in [1.165, 1.54) is 0 Å². The summed E-state index contributed by atoms with van der Waals surface area (Å²) < 4.78 is 0. The Morgan fingerprint density at radius 3 is 2.62 bits per heavy atom. The zero-order valence-corrected chi connectivity index (χ0v) is 11.6. The number of benzene rings is 2. The number of hydrogen-bond donors (Lipinski definition) is 2. The van der Waals surface area contributed by atoms with Crippen molar-refractivity contribution in [1.82, 2.24) is 4.98 Å². The van der Waals surface area contributed by atoms with E-state index in [4.69, 9.17) is 11.5 Å². The number of para-hydroxylation sites is 1. The molecular formula is C17H15N3O.